The topological polar surface area (TPSA) is 116 Å². The summed E-state index contributed by atoms with van der Waals surface area (Å²) < 4.78 is 47.5. The van der Waals surface area contributed by atoms with Crippen molar-refractivity contribution in [2.45, 2.75) is 45.7 Å². The van der Waals surface area contributed by atoms with Gasteiger partial charge in [-0.05, 0) is 0 Å². The molecule has 9 nitrogen and oxygen atoms in total. The number of nitrogens with one attached hydrogen (secondary N) is 1. The summed E-state index contributed by atoms with van der Waals surface area (Å²) in [4.78, 5) is 24.9. The van der Waals surface area contributed by atoms with Crippen LogP contribution in [0.2, 0.25) is 0 Å². The van der Waals surface area contributed by atoms with Crippen molar-refractivity contribution >= 4 is 100.0 Å². The van der Waals surface area contributed by atoms with E-state index in [-0.39, 0.29) is 53.1 Å². The van der Waals surface area contributed by atoms with Crippen LogP contribution in [0.25, 0.3) is 15.9 Å². The number of fused-ring (bicyclic) bond motifs is 3. The van der Waals surface area contributed by atoms with E-state index in [4.69, 9.17) is 4.74 Å². The first-order valence-corrected chi connectivity index (χ1v) is 19.5. The van der Waals surface area contributed by atoms with Crippen LogP contribution in [0.4, 0.5) is 5.69 Å². The molecule has 3 heterocycles. The Morgan fingerprint density at radius 1 is 1.21 bits per heavy atom. The Morgan fingerprint density at radius 2 is 2.00 bits per heavy atom. The number of methoxy groups -OCH3 is 1. The molecule has 13 heteroatoms. The van der Waals surface area contributed by atoms with Crippen molar-refractivity contribution < 1.29 is 31.9 Å². The van der Waals surface area contributed by atoms with Gasteiger partial charge in [-0.25, -0.2) is 0 Å². The zero-order valence-electron chi connectivity index (χ0n) is 23.4. The molecule has 2 amide bonds. The fourth-order valence-electron chi connectivity index (χ4n) is 5.53. The first-order chi connectivity index (χ1) is 19.9. The van der Waals surface area contributed by atoms with Crippen molar-refractivity contribution in [3.8, 4) is 5.75 Å². The number of carbonyl (C=O) groups excluding carboxylic acids is 2. The summed E-state index contributed by atoms with van der Waals surface area (Å²) >= 11 is 2.35. The van der Waals surface area contributed by atoms with Crippen LogP contribution in [0.5, 0.6) is 5.75 Å². The van der Waals surface area contributed by atoms with Gasteiger partial charge in [0, 0.05) is 0 Å². The predicted molar refractivity (Wildman–Crippen MR) is 172 cm³/mol. The number of unbranched alkanes of at least 4 members (excludes halogenated alkanes) is 1. The molecule has 3 aromatic rings. The van der Waals surface area contributed by atoms with Gasteiger partial charge in [0.15, 0.2) is 0 Å². The van der Waals surface area contributed by atoms with Crippen molar-refractivity contribution in [3.05, 3.63) is 60.8 Å². The van der Waals surface area contributed by atoms with Crippen molar-refractivity contribution in [2.75, 3.05) is 19.4 Å². The second kappa shape index (κ2) is 12.6. The fourth-order valence-corrected chi connectivity index (χ4v) is 12.0. The third-order valence-corrected chi connectivity index (χ3v) is 13.9. The van der Waals surface area contributed by atoms with Crippen molar-refractivity contribution in [2.24, 2.45) is 0 Å². The second-order valence-corrected chi connectivity index (χ2v) is 17.6. The number of nitrogens with zero attached hydrogens (tertiary/aromatic N) is 2. The van der Waals surface area contributed by atoms with Gasteiger partial charge < -0.3 is 0 Å². The summed E-state index contributed by atoms with van der Waals surface area (Å²) in [6.07, 6.45) is 6.01. The third-order valence-electron chi connectivity index (χ3n) is 7.51. The monoisotopic (exact) mass is 836 g/mol. The molecule has 0 saturated carbocycles. The molecule has 222 valence electrons. The Balaban J connectivity index is 1.53. The van der Waals surface area contributed by atoms with Gasteiger partial charge in [0.25, 0.3) is 0 Å². The van der Waals surface area contributed by atoms with E-state index in [1.54, 1.807) is 7.11 Å². The average Bonchev–Trinajstić information content (AvgIpc) is 3.39. The first-order valence-electron chi connectivity index (χ1n) is 13.4. The van der Waals surface area contributed by atoms with Gasteiger partial charge in [-0.2, -0.15) is 0 Å². The maximum atomic E-state index is 13.2. The second-order valence-electron chi connectivity index (χ2n) is 10.4. The zero-order valence-corrected chi connectivity index (χ0v) is 29.8. The molecule has 2 unspecified atom stereocenters. The van der Waals surface area contributed by atoms with E-state index in [0.29, 0.717) is 30.3 Å². The molecule has 0 bridgehead atoms. The number of amides is 2. The third kappa shape index (κ3) is 6.49. The van der Waals surface area contributed by atoms with Gasteiger partial charge in [0.05, 0.1) is 0 Å². The molecule has 2 aromatic carbocycles. The Morgan fingerprint density at radius 3 is 2.67 bits per heavy atom. The van der Waals surface area contributed by atoms with Gasteiger partial charge >= 0.3 is 273 Å². The number of aryl methyl sites for hydroxylation is 1. The van der Waals surface area contributed by atoms with Crippen LogP contribution in [0, 0.1) is 3.57 Å². The van der Waals surface area contributed by atoms with E-state index >= 15 is 0 Å². The average molecular weight is 834 g/mol. The molecule has 2 aliphatic rings. The van der Waals surface area contributed by atoms with Crippen LogP contribution in [-0.2, 0) is 26.3 Å². The van der Waals surface area contributed by atoms with Gasteiger partial charge in [0.2, 0.25) is 0 Å². The number of quaternary nitrogens is 1. The first kappa shape index (κ1) is 31.6. The quantitative estimate of drug-likeness (QED) is 0.0884. The van der Waals surface area contributed by atoms with E-state index in [1.807, 2.05) is 12.1 Å². The molecular formula is C29H31IN3O6SSe2+. The molecule has 0 aliphatic carbocycles. The van der Waals surface area contributed by atoms with Gasteiger partial charge in [0.1, 0.15) is 0 Å². The maximum absolute atomic E-state index is 13.2. The van der Waals surface area contributed by atoms with Crippen LogP contribution in [0.1, 0.15) is 37.7 Å². The number of allylic oxidation sites excluding steroid dienone is 2. The van der Waals surface area contributed by atoms with E-state index in [0.717, 1.165) is 32.6 Å². The molecule has 1 aromatic heterocycles. The molecule has 42 heavy (non-hydrogen) atoms. The molecule has 5 rings (SSSR count). The molecule has 1 saturated heterocycles. The molecule has 2 atom stereocenters. The molecule has 1 spiro atoms. The molecule has 1 fully saturated rings. The molecule has 2 aliphatic heterocycles. The summed E-state index contributed by atoms with van der Waals surface area (Å²) in [6, 6.07) is 12.1. The number of hydrogen-bond donors (Lipinski definition) is 1. The standard InChI is InChI=1S/C29H30IN3O6SSe2/c1-18(14-27-32(11-4-5-13-40(36,37)38)22-16-20(30)6-8-25(22)41-27)15-28-33(12-10-23(33)29(35)31-19(2)34)24-17-21(39-3)7-9-26(24)42-28/h6-9,14-17,23H,4-5,10-13H2,1-3H3/p+1. The van der Waals surface area contributed by atoms with Crippen molar-refractivity contribution in [1.29, 1.82) is 0 Å². The fraction of sp³-hybridized carbons (Fsp3) is 0.345. The Bertz CT molecular complexity index is 1750. The number of rotatable bonds is 9. The number of carbonyl (C=O) groups is 2. The summed E-state index contributed by atoms with van der Waals surface area (Å²) in [5.74, 6) is -0.222. The van der Waals surface area contributed by atoms with E-state index in [9.17, 15) is 22.6 Å². The summed E-state index contributed by atoms with van der Waals surface area (Å²) in [5.41, 5.74) is 3.27. The predicted octanol–water partition coefficient (Wildman–Crippen LogP) is 2.15. The summed E-state index contributed by atoms with van der Waals surface area (Å²) in [6.45, 7) is 4.84. The van der Waals surface area contributed by atoms with Gasteiger partial charge in [-0.1, -0.05) is 0 Å². The minimum absolute atomic E-state index is 0.0139. The van der Waals surface area contributed by atoms with E-state index < -0.39 is 10.1 Å². The number of hydrogen-bond acceptors (Lipinski definition) is 6. The SMILES string of the molecule is COc1ccc2c(c1)[N+]1(CCC1C(=O)NC(C)=O)C(=CC(C)=Cc1[se]c3ccc(I)cc3[n+]1CCCCS(=O)(=O)[O-])[Se]2. The Labute approximate surface area is 271 Å². The van der Waals surface area contributed by atoms with Crippen molar-refractivity contribution in [1.82, 2.24) is 9.80 Å². The van der Waals surface area contributed by atoms with Gasteiger partial charge in [-0.15, -0.1) is 0 Å². The van der Waals surface area contributed by atoms with Crippen LogP contribution in [-0.4, -0.2) is 79.7 Å². The van der Waals surface area contributed by atoms with Crippen LogP contribution in [0.3, 0.4) is 0 Å². The number of aromatic nitrogens is 1. The normalized spacial score (nSPS) is 21.0. The van der Waals surface area contributed by atoms with Crippen LogP contribution < -0.4 is 23.6 Å². The Kier molecular flexibility index (Phi) is 9.51. The zero-order chi connectivity index (χ0) is 30.2. The minimum atomic E-state index is -4.23. The number of imide groups is 1. The van der Waals surface area contributed by atoms with E-state index in [1.165, 1.54) is 24.8 Å². The number of ether oxygens (including phenoxy) is 1. The van der Waals surface area contributed by atoms with Crippen LogP contribution >= 0.6 is 22.6 Å². The number of halogens is 1. The molecule has 0 radical (unpaired) electrons. The molecular weight excluding hydrogens is 803 g/mol. The number of benzene rings is 2. The summed E-state index contributed by atoms with van der Waals surface area (Å²) in [5, 5.41) is 2.52. The molecule has 1 N–H and O–H groups in total. The van der Waals surface area contributed by atoms with Gasteiger partial charge in [-0.3, -0.25) is 0 Å². The van der Waals surface area contributed by atoms with E-state index in [2.05, 4.69) is 75.8 Å². The van der Waals surface area contributed by atoms with Crippen LogP contribution in [0.15, 0.2) is 52.6 Å². The van der Waals surface area contributed by atoms with Crippen molar-refractivity contribution in [3.63, 3.8) is 0 Å². The summed E-state index contributed by atoms with van der Waals surface area (Å²) in [7, 11) is -2.60. The Hall–Kier alpha value is -1.83.